The van der Waals surface area contributed by atoms with Gasteiger partial charge in [0.15, 0.2) is 0 Å². The van der Waals surface area contributed by atoms with E-state index in [9.17, 15) is 9.59 Å². The van der Waals surface area contributed by atoms with Crippen molar-refractivity contribution in [2.45, 2.75) is 25.8 Å². The zero-order chi connectivity index (χ0) is 15.9. The number of carbonyl (C=O) groups excluding carboxylic acids is 2. The Morgan fingerprint density at radius 3 is 2.64 bits per heavy atom. The standard InChI is InChI=1S/C17H25N3O2/c1-13(11-18-2)17(22)19-15(14-7-4-3-5-8-14)12-20-10-6-9-16(20)21/h3-5,7-8,13,15,18H,6,9-12H2,1-2H3,(H,19,22). The molecule has 0 saturated carbocycles. The molecule has 1 heterocycles. The van der Waals surface area contributed by atoms with Gasteiger partial charge in [-0.2, -0.15) is 0 Å². The first kappa shape index (κ1) is 16.5. The van der Waals surface area contributed by atoms with Crippen LogP contribution in [0.4, 0.5) is 0 Å². The molecule has 1 saturated heterocycles. The molecule has 2 unspecified atom stereocenters. The summed E-state index contributed by atoms with van der Waals surface area (Å²) >= 11 is 0. The first-order valence-corrected chi connectivity index (χ1v) is 7.89. The Hall–Kier alpha value is -1.88. The molecule has 0 aromatic heterocycles. The van der Waals surface area contributed by atoms with Gasteiger partial charge in [0.25, 0.3) is 0 Å². The summed E-state index contributed by atoms with van der Waals surface area (Å²) in [5.74, 6) is 0.0822. The van der Waals surface area contributed by atoms with Crippen molar-refractivity contribution in [1.29, 1.82) is 0 Å². The van der Waals surface area contributed by atoms with Crippen LogP contribution in [-0.2, 0) is 9.59 Å². The fourth-order valence-electron chi connectivity index (χ4n) is 2.75. The van der Waals surface area contributed by atoms with E-state index in [0.29, 0.717) is 19.5 Å². The minimum atomic E-state index is -0.157. The first-order chi connectivity index (χ1) is 10.6. The van der Waals surface area contributed by atoms with Crippen molar-refractivity contribution in [1.82, 2.24) is 15.5 Å². The third-order valence-electron chi connectivity index (χ3n) is 4.05. The molecule has 120 valence electrons. The molecule has 5 nitrogen and oxygen atoms in total. The fraction of sp³-hybridized carbons (Fsp3) is 0.529. The normalized spacial score (nSPS) is 17.4. The zero-order valence-electron chi connectivity index (χ0n) is 13.3. The lowest BCUT2D eigenvalue weighted by Gasteiger charge is -2.26. The molecule has 0 spiro atoms. The van der Waals surface area contributed by atoms with Crippen LogP contribution in [0.25, 0.3) is 0 Å². The van der Waals surface area contributed by atoms with E-state index >= 15 is 0 Å². The summed E-state index contributed by atoms with van der Waals surface area (Å²) < 4.78 is 0. The van der Waals surface area contributed by atoms with Gasteiger partial charge in [0.1, 0.15) is 0 Å². The van der Waals surface area contributed by atoms with E-state index in [4.69, 9.17) is 0 Å². The third-order valence-corrected chi connectivity index (χ3v) is 4.05. The van der Waals surface area contributed by atoms with Crippen LogP contribution in [0.1, 0.15) is 31.4 Å². The van der Waals surface area contributed by atoms with Crippen LogP contribution >= 0.6 is 0 Å². The molecule has 0 radical (unpaired) electrons. The predicted molar refractivity (Wildman–Crippen MR) is 86.2 cm³/mol. The van der Waals surface area contributed by atoms with Crippen molar-refractivity contribution in [3.63, 3.8) is 0 Å². The van der Waals surface area contributed by atoms with Crippen LogP contribution in [0.15, 0.2) is 30.3 Å². The molecule has 22 heavy (non-hydrogen) atoms. The van der Waals surface area contributed by atoms with Crippen molar-refractivity contribution in [3.05, 3.63) is 35.9 Å². The topological polar surface area (TPSA) is 61.4 Å². The van der Waals surface area contributed by atoms with Gasteiger partial charge >= 0.3 is 0 Å². The van der Waals surface area contributed by atoms with Gasteiger partial charge in [-0.05, 0) is 19.0 Å². The summed E-state index contributed by atoms with van der Waals surface area (Å²) in [4.78, 5) is 26.0. The number of nitrogens with zero attached hydrogens (tertiary/aromatic N) is 1. The highest BCUT2D eigenvalue weighted by Gasteiger charge is 2.26. The molecule has 0 bridgehead atoms. The first-order valence-electron chi connectivity index (χ1n) is 7.89. The summed E-state index contributed by atoms with van der Waals surface area (Å²) in [6.45, 7) is 3.86. The van der Waals surface area contributed by atoms with Gasteiger partial charge in [0, 0.05) is 32.0 Å². The molecular weight excluding hydrogens is 278 g/mol. The van der Waals surface area contributed by atoms with Crippen molar-refractivity contribution >= 4 is 11.8 Å². The van der Waals surface area contributed by atoms with Gasteiger partial charge in [0.2, 0.25) is 11.8 Å². The number of hydrogen-bond donors (Lipinski definition) is 2. The van der Waals surface area contributed by atoms with Crippen molar-refractivity contribution in [2.75, 3.05) is 26.7 Å². The van der Waals surface area contributed by atoms with Crippen LogP contribution in [-0.4, -0.2) is 43.4 Å². The lowest BCUT2D eigenvalue weighted by atomic mass is 10.0. The number of carbonyl (C=O) groups is 2. The molecule has 2 rings (SSSR count). The second-order valence-corrected chi connectivity index (χ2v) is 5.87. The average Bonchev–Trinajstić information content (AvgIpc) is 2.93. The minimum absolute atomic E-state index is 0.00912. The molecule has 2 N–H and O–H groups in total. The maximum absolute atomic E-state index is 12.3. The average molecular weight is 303 g/mol. The maximum Gasteiger partial charge on any atom is 0.224 e. The van der Waals surface area contributed by atoms with Crippen LogP contribution in [0.5, 0.6) is 0 Å². The van der Waals surface area contributed by atoms with Gasteiger partial charge < -0.3 is 15.5 Å². The highest BCUT2D eigenvalue weighted by atomic mass is 16.2. The molecule has 1 aliphatic rings. The largest absolute Gasteiger partial charge is 0.347 e. The molecular formula is C17H25N3O2. The second-order valence-electron chi connectivity index (χ2n) is 5.87. The van der Waals surface area contributed by atoms with Gasteiger partial charge in [-0.3, -0.25) is 9.59 Å². The molecule has 1 fully saturated rings. The summed E-state index contributed by atoms with van der Waals surface area (Å²) in [6, 6.07) is 9.69. The maximum atomic E-state index is 12.3. The van der Waals surface area contributed by atoms with Gasteiger partial charge in [-0.1, -0.05) is 37.3 Å². The molecule has 5 heteroatoms. The Kier molecular flexibility index (Phi) is 5.95. The third kappa shape index (κ3) is 4.31. The molecule has 1 aliphatic heterocycles. The summed E-state index contributed by atoms with van der Waals surface area (Å²) in [5.41, 5.74) is 1.03. The van der Waals surface area contributed by atoms with Crippen molar-refractivity contribution < 1.29 is 9.59 Å². The minimum Gasteiger partial charge on any atom is -0.347 e. The molecule has 2 atom stereocenters. The lowest BCUT2D eigenvalue weighted by Crippen LogP contribution is -2.42. The molecule has 0 aliphatic carbocycles. The Labute approximate surface area is 132 Å². The molecule has 2 amide bonds. The van der Waals surface area contributed by atoms with Gasteiger partial charge in [0.05, 0.1) is 6.04 Å². The fourth-order valence-corrected chi connectivity index (χ4v) is 2.75. The van der Waals surface area contributed by atoms with Crippen LogP contribution in [0.2, 0.25) is 0 Å². The number of likely N-dealkylation sites (tertiary alicyclic amines) is 1. The van der Waals surface area contributed by atoms with E-state index in [0.717, 1.165) is 18.5 Å². The highest BCUT2D eigenvalue weighted by molar-refractivity contribution is 5.80. The zero-order valence-corrected chi connectivity index (χ0v) is 13.3. The Balaban J connectivity index is 2.08. The number of amides is 2. The lowest BCUT2D eigenvalue weighted by molar-refractivity contribution is -0.129. The Morgan fingerprint density at radius 2 is 2.05 bits per heavy atom. The van der Waals surface area contributed by atoms with Crippen molar-refractivity contribution in [3.8, 4) is 0 Å². The van der Waals surface area contributed by atoms with Crippen molar-refractivity contribution in [2.24, 2.45) is 5.92 Å². The van der Waals surface area contributed by atoms with E-state index in [2.05, 4.69) is 10.6 Å². The summed E-state index contributed by atoms with van der Waals surface area (Å²) in [7, 11) is 1.83. The van der Waals surface area contributed by atoms with E-state index in [1.54, 1.807) is 0 Å². The molecule has 1 aromatic carbocycles. The van der Waals surface area contributed by atoms with E-state index in [1.807, 2.05) is 49.2 Å². The number of hydrogen-bond acceptors (Lipinski definition) is 3. The number of benzene rings is 1. The van der Waals surface area contributed by atoms with Gasteiger partial charge in [-0.15, -0.1) is 0 Å². The monoisotopic (exact) mass is 303 g/mol. The van der Waals surface area contributed by atoms with E-state index in [-0.39, 0.29) is 23.8 Å². The smallest absolute Gasteiger partial charge is 0.224 e. The summed E-state index contributed by atoms with van der Waals surface area (Å²) in [5, 5.41) is 6.11. The Morgan fingerprint density at radius 1 is 1.32 bits per heavy atom. The summed E-state index contributed by atoms with van der Waals surface area (Å²) in [6.07, 6.45) is 1.52. The van der Waals surface area contributed by atoms with Gasteiger partial charge in [-0.25, -0.2) is 0 Å². The van der Waals surface area contributed by atoms with Crippen LogP contribution in [0, 0.1) is 5.92 Å². The van der Waals surface area contributed by atoms with Crippen LogP contribution < -0.4 is 10.6 Å². The predicted octanol–water partition coefficient (Wildman–Crippen LogP) is 1.32. The highest BCUT2D eigenvalue weighted by Crippen LogP contribution is 2.19. The number of nitrogens with one attached hydrogen (secondary N) is 2. The van der Waals surface area contributed by atoms with E-state index < -0.39 is 0 Å². The quantitative estimate of drug-likeness (QED) is 0.799. The second kappa shape index (κ2) is 7.94. The van der Waals surface area contributed by atoms with Crippen LogP contribution in [0.3, 0.4) is 0 Å². The SMILES string of the molecule is CNCC(C)C(=O)NC(CN1CCCC1=O)c1ccccc1. The molecule has 1 aromatic rings. The Bertz CT molecular complexity index is 504. The number of rotatable bonds is 7. The van der Waals surface area contributed by atoms with E-state index in [1.165, 1.54) is 0 Å².